The number of fused-ring (bicyclic) bond motifs is 1. The molecule has 0 fully saturated rings. The number of ether oxygens (including phenoxy) is 3. The van der Waals surface area contributed by atoms with Gasteiger partial charge in [-0.1, -0.05) is 0 Å². The van der Waals surface area contributed by atoms with Crippen LogP contribution in [-0.2, 0) is 4.74 Å². The topological polar surface area (TPSA) is 89.0 Å². The molecular formula is C17H26N2O5. The predicted octanol–water partition coefficient (Wildman–Crippen LogP) is 2.30. The smallest absolute Gasteiger partial charge is 0.407 e. The van der Waals surface area contributed by atoms with Crippen molar-refractivity contribution in [3.8, 4) is 11.5 Å². The van der Waals surface area contributed by atoms with Crippen LogP contribution in [0.5, 0.6) is 11.5 Å². The van der Waals surface area contributed by atoms with Gasteiger partial charge in [0.25, 0.3) is 0 Å². The summed E-state index contributed by atoms with van der Waals surface area (Å²) in [6.07, 6.45) is -1.26. The van der Waals surface area contributed by atoms with Crippen molar-refractivity contribution < 1.29 is 24.1 Å². The van der Waals surface area contributed by atoms with Crippen LogP contribution >= 0.6 is 0 Å². The summed E-state index contributed by atoms with van der Waals surface area (Å²) in [6.45, 7) is 6.21. The Balaban J connectivity index is 2.09. The molecule has 1 amide bonds. The van der Waals surface area contributed by atoms with Crippen LogP contribution in [0.4, 0.5) is 10.5 Å². The van der Waals surface area contributed by atoms with Crippen LogP contribution in [0.1, 0.15) is 32.4 Å². The summed E-state index contributed by atoms with van der Waals surface area (Å²) in [5, 5.41) is 16.6. The fraction of sp³-hybridized carbons (Fsp3) is 0.588. The van der Waals surface area contributed by atoms with Gasteiger partial charge in [0.1, 0.15) is 17.1 Å². The monoisotopic (exact) mass is 338 g/mol. The quantitative estimate of drug-likeness (QED) is 0.781. The van der Waals surface area contributed by atoms with Crippen molar-refractivity contribution in [2.45, 2.75) is 32.5 Å². The molecule has 2 rings (SSSR count). The van der Waals surface area contributed by atoms with E-state index < -0.39 is 17.8 Å². The molecule has 2 atom stereocenters. The molecule has 7 heteroatoms. The number of carbonyl (C=O) groups excluding carboxylic acids is 1. The Morgan fingerprint density at radius 2 is 2.04 bits per heavy atom. The lowest BCUT2D eigenvalue weighted by Crippen LogP contribution is -2.40. The van der Waals surface area contributed by atoms with Crippen molar-refractivity contribution in [1.29, 1.82) is 0 Å². The molecule has 1 aliphatic heterocycles. The van der Waals surface area contributed by atoms with E-state index >= 15 is 0 Å². The molecule has 0 radical (unpaired) electrons. The zero-order valence-corrected chi connectivity index (χ0v) is 14.8. The van der Waals surface area contributed by atoms with E-state index in [9.17, 15) is 9.90 Å². The number of hydrogen-bond donors (Lipinski definition) is 3. The molecule has 1 aromatic rings. The van der Waals surface area contributed by atoms with Crippen LogP contribution in [0.2, 0.25) is 0 Å². The number of aliphatic hydroxyl groups excluding tert-OH is 1. The lowest BCUT2D eigenvalue weighted by molar-refractivity contribution is 0.0486. The van der Waals surface area contributed by atoms with Gasteiger partial charge in [0.15, 0.2) is 0 Å². The molecule has 0 bridgehead atoms. The summed E-state index contributed by atoms with van der Waals surface area (Å²) in [5.41, 5.74) is 0.882. The third-order valence-electron chi connectivity index (χ3n) is 3.78. The van der Waals surface area contributed by atoms with Crippen LogP contribution < -0.4 is 20.1 Å². The normalized spacial score (nSPS) is 19.8. The van der Waals surface area contributed by atoms with Gasteiger partial charge in [-0.2, -0.15) is 0 Å². The molecule has 0 saturated carbocycles. The van der Waals surface area contributed by atoms with E-state index in [-0.39, 0.29) is 12.5 Å². The first-order chi connectivity index (χ1) is 11.2. The maximum atomic E-state index is 11.8. The highest BCUT2D eigenvalue weighted by Gasteiger charge is 2.32. The van der Waals surface area contributed by atoms with Gasteiger partial charge in [-0.15, -0.1) is 0 Å². The first kappa shape index (κ1) is 18.2. The number of carbonyl (C=O) groups is 1. The molecule has 1 aromatic carbocycles. The summed E-state index contributed by atoms with van der Waals surface area (Å²) < 4.78 is 15.8. The van der Waals surface area contributed by atoms with Gasteiger partial charge in [0, 0.05) is 42.4 Å². The number of alkyl carbamates (subject to hydrolysis) is 1. The molecule has 1 heterocycles. The van der Waals surface area contributed by atoms with E-state index in [0.29, 0.717) is 23.6 Å². The molecular weight excluding hydrogens is 312 g/mol. The molecule has 0 spiro atoms. The minimum absolute atomic E-state index is 0.202. The molecule has 134 valence electrons. The lowest BCUT2D eigenvalue weighted by Gasteiger charge is -2.32. The average Bonchev–Trinajstić information content (AvgIpc) is 2.51. The van der Waals surface area contributed by atoms with E-state index in [2.05, 4.69) is 10.6 Å². The van der Waals surface area contributed by atoms with Crippen molar-refractivity contribution in [2.24, 2.45) is 5.92 Å². The Morgan fingerprint density at radius 1 is 1.33 bits per heavy atom. The number of anilines is 1. The number of amides is 1. The molecule has 3 N–H and O–H groups in total. The number of benzene rings is 1. The lowest BCUT2D eigenvalue weighted by atomic mass is 9.89. The van der Waals surface area contributed by atoms with Gasteiger partial charge >= 0.3 is 6.09 Å². The van der Waals surface area contributed by atoms with Crippen molar-refractivity contribution >= 4 is 11.8 Å². The number of nitrogens with one attached hydrogen (secondary N) is 2. The highest BCUT2D eigenvalue weighted by molar-refractivity contribution is 5.68. The minimum atomic E-state index is -0.767. The summed E-state index contributed by atoms with van der Waals surface area (Å²) in [7, 11) is 3.12. The van der Waals surface area contributed by atoms with Crippen LogP contribution in [0.3, 0.4) is 0 Å². The second kappa shape index (κ2) is 7.17. The van der Waals surface area contributed by atoms with E-state index in [1.165, 1.54) is 0 Å². The second-order valence-electron chi connectivity index (χ2n) is 6.76. The highest BCUT2D eigenvalue weighted by Crippen LogP contribution is 2.42. The zero-order chi connectivity index (χ0) is 17.9. The third-order valence-corrected chi connectivity index (χ3v) is 3.78. The van der Waals surface area contributed by atoms with Gasteiger partial charge in [0.05, 0.1) is 20.3 Å². The molecule has 7 nitrogen and oxygen atoms in total. The summed E-state index contributed by atoms with van der Waals surface area (Å²) in [6, 6.07) is 3.55. The highest BCUT2D eigenvalue weighted by atomic mass is 16.6. The van der Waals surface area contributed by atoms with E-state index in [4.69, 9.17) is 14.2 Å². The van der Waals surface area contributed by atoms with Gasteiger partial charge in [0.2, 0.25) is 0 Å². The van der Waals surface area contributed by atoms with Crippen molar-refractivity contribution in [3.63, 3.8) is 0 Å². The molecule has 0 unspecified atom stereocenters. The molecule has 24 heavy (non-hydrogen) atoms. The number of rotatable bonds is 4. The van der Waals surface area contributed by atoms with Crippen molar-refractivity contribution in [1.82, 2.24) is 5.32 Å². The standard InChI is InChI=1S/C17H26N2O5/c1-17(2,3)24-16(21)19-9-10-8-18-12-6-11(22-4)7-13(23-5)14(12)15(10)20/h6-7,10,15,18,20H,8-9H2,1-5H3,(H,19,21)/t10-,15+/m1/s1. The summed E-state index contributed by atoms with van der Waals surface area (Å²) >= 11 is 0. The summed E-state index contributed by atoms with van der Waals surface area (Å²) in [5.74, 6) is 0.995. The largest absolute Gasteiger partial charge is 0.497 e. The Morgan fingerprint density at radius 3 is 2.62 bits per heavy atom. The summed E-state index contributed by atoms with van der Waals surface area (Å²) in [4.78, 5) is 11.8. The van der Waals surface area contributed by atoms with Crippen LogP contribution in [0.25, 0.3) is 0 Å². The minimum Gasteiger partial charge on any atom is -0.497 e. The number of methoxy groups -OCH3 is 2. The predicted molar refractivity (Wildman–Crippen MR) is 90.7 cm³/mol. The Kier molecular flexibility index (Phi) is 5.43. The van der Waals surface area contributed by atoms with E-state index in [0.717, 1.165) is 5.69 Å². The zero-order valence-electron chi connectivity index (χ0n) is 14.8. The van der Waals surface area contributed by atoms with Crippen LogP contribution in [0.15, 0.2) is 12.1 Å². The van der Waals surface area contributed by atoms with E-state index in [1.807, 2.05) is 6.07 Å². The second-order valence-corrected chi connectivity index (χ2v) is 6.76. The van der Waals surface area contributed by atoms with Gasteiger partial charge in [-0.25, -0.2) is 4.79 Å². The van der Waals surface area contributed by atoms with Crippen molar-refractivity contribution in [2.75, 3.05) is 32.6 Å². The maximum absolute atomic E-state index is 11.8. The number of hydrogen-bond acceptors (Lipinski definition) is 6. The Hall–Kier alpha value is -2.15. The van der Waals surface area contributed by atoms with Gasteiger partial charge < -0.3 is 30.0 Å². The van der Waals surface area contributed by atoms with Crippen LogP contribution in [-0.4, -0.2) is 44.1 Å². The maximum Gasteiger partial charge on any atom is 0.407 e. The molecule has 0 aromatic heterocycles. The first-order valence-corrected chi connectivity index (χ1v) is 7.90. The van der Waals surface area contributed by atoms with E-state index in [1.54, 1.807) is 41.1 Å². The van der Waals surface area contributed by atoms with Gasteiger partial charge in [-0.05, 0) is 20.8 Å². The number of aliphatic hydroxyl groups is 1. The molecule has 1 aliphatic rings. The molecule has 0 aliphatic carbocycles. The van der Waals surface area contributed by atoms with Crippen molar-refractivity contribution in [3.05, 3.63) is 17.7 Å². The Labute approximate surface area is 142 Å². The Bertz CT molecular complexity index is 580. The fourth-order valence-corrected chi connectivity index (χ4v) is 2.64. The third kappa shape index (κ3) is 4.23. The van der Waals surface area contributed by atoms with Crippen LogP contribution in [0, 0.1) is 5.92 Å². The molecule has 0 saturated heterocycles. The first-order valence-electron chi connectivity index (χ1n) is 7.90. The fourth-order valence-electron chi connectivity index (χ4n) is 2.64. The van der Waals surface area contributed by atoms with Gasteiger partial charge in [-0.3, -0.25) is 0 Å². The SMILES string of the molecule is COc1cc2c(c(OC)c1)[C@@H](O)[C@@H](CNC(=O)OC(C)(C)C)CN2. The average molecular weight is 338 g/mol.